The molecule has 0 aromatic rings. The minimum Gasteiger partial charge on any atom is -0.414 e. The van der Waals surface area contributed by atoms with Gasteiger partial charge >= 0.3 is 17.1 Å². The van der Waals surface area contributed by atoms with Gasteiger partial charge in [-0.15, -0.1) is 11.8 Å². The fourth-order valence-electron chi connectivity index (χ4n) is 3.99. The van der Waals surface area contributed by atoms with E-state index in [0.29, 0.717) is 28.8 Å². The molecule has 0 N–H and O–H groups in total. The average molecular weight is 403 g/mol. The second-order valence-electron chi connectivity index (χ2n) is 8.40. The summed E-state index contributed by atoms with van der Waals surface area (Å²) in [6.45, 7) is 18.4. The van der Waals surface area contributed by atoms with Gasteiger partial charge in [0.2, 0.25) is 0 Å². The van der Waals surface area contributed by atoms with Crippen LogP contribution in [0.3, 0.4) is 0 Å². The lowest BCUT2D eigenvalue weighted by Crippen LogP contribution is -2.64. The van der Waals surface area contributed by atoms with Crippen LogP contribution < -0.4 is 0 Å². The molecular formula is C18H34O4SSi2. The third-order valence-corrected chi connectivity index (χ3v) is 16.9. The second-order valence-corrected chi connectivity index (χ2v) is 18.6. The molecule has 25 heavy (non-hydrogen) atoms. The third-order valence-electron chi connectivity index (χ3n) is 5.43. The zero-order valence-electron chi connectivity index (χ0n) is 16.9. The molecule has 0 aromatic heterocycles. The van der Waals surface area contributed by atoms with Crippen molar-refractivity contribution in [2.75, 3.05) is 6.61 Å². The van der Waals surface area contributed by atoms with E-state index < -0.39 is 17.1 Å². The van der Waals surface area contributed by atoms with Gasteiger partial charge in [0.05, 0.1) is 18.0 Å². The normalized spacial score (nSPS) is 28.9. The molecule has 2 heterocycles. The van der Waals surface area contributed by atoms with E-state index in [0.717, 1.165) is 11.2 Å². The number of thioether (sulfide) groups is 1. The highest BCUT2D eigenvalue weighted by Crippen LogP contribution is 2.48. The van der Waals surface area contributed by atoms with Gasteiger partial charge in [0.1, 0.15) is 0 Å². The summed E-state index contributed by atoms with van der Waals surface area (Å²) in [5, 5.41) is 0.151. The minimum atomic E-state index is -2.55. The molecule has 0 radical (unpaired) electrons. The van der Waals surface area contributed by atoms with Gasteiger partial charge in [0.25, 0.3) is 0 Å². The van der Waals surface area contributed by atoms with E-state index >= 15 is 0 Å². The van der Waals surface area contributed by atoms with E-state index in [1.807, 2.05) is 6.08 Å². The molecule has 0 aromatic carbocycles. The number of hydrogen-bond acceptors (Lipinski definition) is 5. The molecule has 2 aliphatic heterocycles. The van der Waals surface area contributed by atoms with Crippen molar-refractivity contribution in [3.8, 4) is 0 Å². The minimum absolute atomic E-state index is 0.0898. The van der Waals surface area contributed by atoms with Crippen molar-refractivity contribution in [1.82, 2.24) is 0 Å². The van der Waals surface area contributed by atoms with E-state index in [-0.39, 0.29) is 11.4 Å². The summed E-state index contributed by atoms with van der Waals surface area (Å²) in [6, 6.07) is 0. The predicted octanol–water partition coefficient (Wildman–Crippen LogP) is 5.14. The molecule has 2 aliphatic rings. The number of carbonyl (C=O) groups is 1. The number of fused-ring (bicyclic) bond motifs is 1. The average Bonchev–Trinajstić information content (AvgIpc) is 2.87. The monoisotopic (exact) mass is 402 g/mol. The van der Waals surface area contributed by atoms with Crippen LogP contribution in [0.15, 0.2) is 11.0 Å². The van der Waals surface area contributed by atoms with Crippen LogP contribution in [0.5, 0.6) is 0 Å². The first-order valence-electron chi connectivity index (χ1n) is 9.44. The van der Waals surface area contributed by atoms with E-state index in [4.69, 9.17) is 13.0 Å². The Hall–Kier alpha value is 0.0738. The molecule has 1 saturated heterocycles. The standard InChI is InChI=1S/C18H34O4SSi2/c1-12(2)24(13(3)4)20-11-18-17(9-16(10-19)23-18)21-25(22-24,14(5)6)15(7)8/h9-10,12-15,17-18H,11H2,1-8H3/t17-,18+/m0/s1. The Morgan fingerprint density at radius 3 is 1.96 bits per heavy atom. The topological polar surface area (TPSA) is 44.8 Å². The summed E-state index contributed by atoms with van der Waals surface area (Å²) in [7, 11) is -5.01. The lowest BCUT2D eigenvalue weighted by atomic mass is 10.2. The first kappa shape index (κ1) is 21.4. The summed E-state index contributed by atoms with van der Waals surface area (Å²) >= 11 is 1.60. The fourth-order valence-corrected chi connectivity index (χ4v) is 16.4. The van der Waals surface area contributed by atoms with Gasteiger partial charge in [0, 0.05) is 4.91 Å². The van der Waals surface area contributed by atoms with E-state index in [1.165, 1.54) is 0 Å². The van der Waals surface area contributed by atoms with E-state index in [2.05, 4.69) is 55.4 Å². The predicted molar refractivity (Wildman–Crippen MR) is 109 cm³/mol. The lowest BCUT2D eigenvalue weighted by molar-refractivity contribution is -0.104. The maximum atomic E-state index is 11.3. The largest absolute Gasteiger partial charge is 0.414 e. The maximum Gasteiger partial charge on any atom is 0.335 e. The number of allylic oxidation sites excluding steroid dienone is 1. The zero-order valence-corrected chi connectivity index (χ0v) is 19.7. The van der Waals surface area contributed by atoms with Gasteiger partial charge in [-0.2, -0.15) is 0 Å². The maximum absolute atomic E-state index is 11.3. The summed E-state index contributed by atoms with van der Waals surface area (Å²) < 4.78 is 20.6. The molecule has 0 bridgehead atoms. The summed E-state index contributed by atoms with van der Waals surface area (Å²) in [6.07, 6.45) is 2.82. The summed E-state index contributed by atoms with van der Waals surface area (Å²) in [5.74, 6) is 0. The SMILES string of the molecule is CC(C)[Si]1(C(C)C)OC[C@H]2SC(C=O)=C[C@@H]2O[Si](C(C)C)(C(C)C)O1. The van der Waals surface area contributed by atoms with Crippen LogP contribution in [-0.4, -0.2) is 41.4 Å². The van der Waals surface area contributed by atoms with Crippen molar-refractivity contribution in [3.05, 3.63) is 11.0 Å². The van der Waals surface area contributed by atoms with E-state index in [1.54, 1.807) is 11.8 Å². The smallest absolute Gasteiger partial charge is 0.335 e. The fraction of sp³-hybridized carbons (Fsp3) is 0.833. The quantitative estimate of drug-likeness (QED) is 0.470. The third kappa shape index (κ3) is 3.87. The number of carbonyl (C=O) groups excluding carboxylic acids is 1. The van der Waals surface area contributed by atoms with Gasteiger partial charge in [-0.25, -0.2) is 0 Å². The van der Waals surface area contributed by atoms with Crippen LogP contribution in [0.1, 0.15) is 55.4 Å². The first-order valence-corrected chi connectivity index (χ1v) is 14.3. The van der Waals surface area contributed by atoms with Gasteiger partial charge < -0.3 is 13.0 Å². The van der Waals surface area contributed by atoms with Crippen LogP contribution in [0, 0.1) is 0 Å². The molecule has 144 valence electrons. The number of aldehydes is 1. The van der Waals surface area contributed by atoms with E-state index in [9.17, 15) is 4.79 Å². The Labute approximate surface area is 159 Å². The van der Waals surface area contributed by atoms with Crippen LogP contribution >= 0.6 is 11.8 Å². The Kier molecular flexibility index (Phi) is 6.82. The van der Waals surface area contributed by atoms with Gasteiger partial charge in [-0.1, -0.05) is 55.4 Å². The van der Waals surface area contributed by atoms with Crippen molar-refractivity contribution in [2.45, 2.75) is 88.9 Å². The molecule has 0 aliphatic carbocycles. The number of rotatable bonds is 5. The van der Waals surface area contributed by atoms with Gasteiger partial charge in [-0.05, 0) is 28.2 Å². The molecule has 0 unspecified atom stereocenters. The summed E-state index contributed by atoms with van der Waals surface area (Å²) in [5.41, 5.74) is 1.33. The van der Waals surface area contributed by atoms with Crippen molar-refractivity contribution in [1.29, 1.82) is 0 Å². The highest BCUT2D eigenvalue weighted by molar-refractivity contribution is 8.04. The summed E-state index contributed by atoms with van der Waals surface area (Å²) in [4.78, 5) is 12.1. The Bertz CT molecular complexity index is 503. The van der Waals surface area contributed by atoms with Crippen molar-refractivity contribution in [3.63, 3.8) is 0 Å². The molecule has 1 fully saturated rings. The highest BCUT2D eigenvalue weighted by Gasteiger charge is 2.59. The van der Waals surface area contributed by atoms with Crippen LogP contribution in [-0.2, 0) is 17.8 Å². The van der Waals surface area contributed by atoms with Gasteiger partial charge in [0.15, 0.2) is 6.29 Å². The molecule has 0 spiro atoms. The van der Waals surface area contributed by atoms with Crippen LogP contribution in [0.4, 0.5) is 0 Å². The second kappa shape index (κ2) is 7.98. The molecule has 0 amide bonds. The van der Waals surface area contributed by atoms with Crippen molar-refractivity contribution in [2.24, 2.45) is 0 Å². The highest BCUT2D eigenvalue weighted by atomic mass is 32.2. The lowest BCUT2D eigenvalue weighted by Gasteiger charge is -2.51. The number of hydrogen-bond donors (Lipinski definition) is 0. The Morgan fingerprint density at radius 2 is 1.52 bits per heavy atom. The Balaban J connectivity index is 2.52. The first-order chi connectivity index (χ1) is 11.6. The molecule has 4 nitrogen and oxygen atoms in total. The van der Waals surface area contributed by atoms with Gasteiger partial charge in [-0.3, -0.25) is 4.79 Å². The molecule has 2 rings (SSSR count). The van der Waals surface area contributed by atoms with Crippen molar-refractivity contribution < 1.29 is 17.8 Å². The molecule has 2 atom stereocenters. The van der Waals surface area contributed by atoms with Crippen LogP contribution in [0.2, 0.25) is 22.2 Å². The van der Waals surface area contributed by atoms with Crippen molar-refractivity contribution >= 4 is 35.2 Å². The molecular weight excluding hydrogens is 368 g/mol. The molecule has 0 saturated carbocycles. The Morgan fingerprint density at radius 1 is 1.00 bits per heavy atom. The molecule has 7 heteroatoms. The zero-order chi connectivity index (χ0) is 19.0. The van der Waals surface area contributed by atoms with Crippen LogP contribution in [0.25, 0.3) is 0 Å².